The molecule has 1 aliphatic carbocycles. The lowest BCUT2D eigenvalue weighted by Gasteiger charge is -2.18. The second-order valence-corrected chi connectivity index (χ2v) is 4.32. The number of nitrogens with two attached hydrogens (primary N) is 1. The maximum absolute atomic E-state index is 11.1. The van der Waals surface area contributed by atoms with Gasteiger partial charge in [0, 0.05) is 18.9 Å². The second kappa shape index (κ2) is 6.60. The van der Waals surface area contributed by atoms with Gasteiger partial charge in [-0.05, 0) is 25.8 Å². The maximum Gasteiger partial charge on any atom is 0.320 e. The first-order valence-corrected chi connectivity index (χ1v) is 5.84. The Hall–Kier alpha value is -0.940. The van der Waals surface area contributed by atoms with Crippen LogP contribution in [0, 0.1) is 0 Å². The quantitative estimate of drug-likeness (QED) is 0.544. The third-order valence-corrected chi connectivity index (χ3v) is 2.93. The minimum atomic E-state index is -0.837. The van der Waals surface area contributed by atoms with Crippen molar-refractivity contribution >= 4 is 11.8 Å². The Balaban J connectivity index is 2.32. The lowest BCUT2D eigenvalue weighted by Crippen LogP contribution is -2.42. The van der Waals surface area contributed by atoms with Crippen LogP contribution in [0.25, 0.3) is 0 Å². The first-order chi connectivity index (χ1) is 7.63. The van der Waals surface area contributed by atoms with Crippen LogP contribution in [0.1, 0.15) is 38.5 Å². The lowest BCUT2D eigenvalue weighted by atomic mass is 10.1. The van der Waals surface area contributed by atoms with Crippen molar-refractivity contribution in [1.29, 1.82) is 0 Å². The minimum Gasteiger partial charge on any atom is -0.480 e. The number of carbonyl (C=O) groups excluding carboxylic acids is 1. The summed E-state index contributed by atoms with van der Waals surface area (Å²) in [6.45, 7) is 0.592. The number of carboxylic acids is 1. The van der Waals surface area contributed by atoms with Crippen molar-refractivity contribution in [3.8, 4) is 0 Å². The van der Waals surface area contributed by atoms with Gasteiger partial charge in [-0.3, -0.25) is 9.59 Å². The van der Waals surface area contributed by atoms with Crippen LogP contribution in [0.5, 0.6) is 0 Å². The van der Waals surface area contributed by atoms with Crippen LogP contribution in [-0.2, 0) is 9.59 Å². The van der Waals surface area contributed by atoms with E-state index in [9.17, 15) is 9.59 Å². The summed E-state index contributed by atoms with van der Waals surface area (Å²) in [4.78, 5) is 22.0. The summed E-state index contributed by atoms with van der Waals surface area (Å²) in [6, 6.07) is -0.492. The molecule has 0 aliphatic heterocycles. The Morgan fingerprint density at radius 1 is 1.56 bits per heavy atom. The summed E-state index contributed by atoms with van der Waals surface area (Å²) in [5, 5.41) is 12.1. The summed E-state index contributed by atoms with van der Waals surface area (Å²) in [5.74, 6) is -0.611. The fourth-order valence-electron chi connectivity index (χ4n) is 2.01. The molecule has 0 aromatic heterocycles. The molecule has 2 atom stereocenters. The molecule has 0 aromatic rings. The highest BCUT2D eigenvalue weighted by Gasteiger charge is 2.26. The molecule has 0 radical (unpaired) electrons. The zero-order chi connectivity index (χ0) is 12.0. The van der Waals surface area contributed by atoms with Gasteiger partial charge in [-0.1, -0.05) is 6.42 Å². The maximum atomic E-state index is 11.1. The van der Waals surface area contributed by atoms with Gasteiger partial charge >= 0.3 is 5.97 Å². The van der Waals surface area contributed by atoms with Crippen LogP contribution in [0.2, 0.25) is 0 Å². The molecule has 0 amide bonds. The van der Waals surface area contributed by atoms with E-state index < -0.39 is 12.0 Å². The van der Waals surface area contributed by atoms with Crippen LogP contribution in [-0.4, -0.2) is 35.5 Å². The monoisotopic (exact) mass is 228 g/mol. The van der Waals surface area contributed by atoms with Crippen molar-refractivity contribution in [1.82, 2.24) is 5.32 Å². The third kappa shape index (κ3) is 4.28. The Bertz CT molecular complexity index is 256. The Kier molecular flexibility index (Phi) is 5.42. The molecular weight excluding hydrogens is 208 g/mol. The van der Waals surface area contributed by atoms with Crippen molar-refractivity contribution in [2.75, 3.05) is 6.54 Å². The van der Waals surface area contributed by atoms with Gasteiger partial charge in [0.15, 0.2) is 0 Å². The number of ketones is 1. The Labute approximate surface area is 95.4 Å². The van der Waals surface area contributed by atoms with E-state index in [1.807, 2.05) is 0 Å². The summed E-state index contributed by atoms with van der Waals surface area (Å²) in [7, 11) is 0. The smallest absolute Gasteiger partial charge is 0.320 e. The Morgan fingerprint density at radius 3 is 2.81 bits per heavy atom. The molecule has 0 bridgehead atoms. The van der Waals surface area contributed by atoms with Gasteiger partial charge in [0.2, 0.25) is 0 Å². The highest BCUT2D eigenvalue weighted by atomic mass is 16.4. The van der Waals surface area contributed by atoms with Crippen LogP contribution in [0.4, 0.5) is 0 Å². The first-order valence-electron chi connectivity index (χ1n) is 5.84. The van der Waals surface area contributed by atoms with Gasteiger partial charge in [0.05, 0.1) is 0 Å². The molecule has 1 aliphatic rings. The van der Waals surface area contributed by atoms with Crippen molar-refractivity contribution < 1.29 is 14.7 Å². The van der Waals surface area contributed by atoms with E-state index in [1.165, 1.54) is 0 Å². The number of carboxylic acid groups (broad SMARTS) is 1. The molecule has 5 heteroatoms. The van der Waals surface area contributed by atoms with Gasteiger partial charge in [-0.15, -0.1) is 0 Å². The van der Waals surface area contributed by atoms with Crippen molar-refractivity contribution in [3.05, 3.63) is 0 Å². The third-order valence-electron chi connectivity index (χ3n) is 2.93. The standard InChI is InChI=1S/C11H20N2O3/c12-6-2-1-3-10(11(15)16)13-8-4-5-9(14)7-8/h8,10,13H,1-7,12H2,(H,15,16)/t8?,10-/m0/s1. The fraction of sp³-hybridized carbons (Fsp3) is 0.818. The Morgan fingerprint density at radius 2 is 2.31 bits per heavy atom. The average molecular weight is 228 g/mol. The molecule has 5 nitrogen and oxygen atoms in total. The van der Waals surface area contributed by atoms with Crippen LogP contribution >= 0.6 is 0 Å². The number of Topliss-reactive ketones (excluding diaryl/α,β-unsaturated/α-hetero) is 1. The molecule has 1 saturated carbocycles. The van der Waals surface area contributed by atoms with Crippen LogP contribution in [0.15, 0.2) is 0 Å². The van der Waals surface area contributed by atoms with Gasteiger partial charge in [-0.2, -0.15) is 0 Å². The SMILES string of the molecule is NCCCC[C@H](NC1CCC(=O)C1)C(=O)O. The van der Waals surface area contributed by atoms with Crippen molar-refractivity contribution in [2.24, 2.45) is 5.73 Å². The number of nitrogens with one attached hydrogen (secondary N) is 1. The van der Waals surface area contributed by atoms with E-state index in [4.69, 9.17) is 10.8 Å². The first kappa shape index (κ1) is 13.1. The van der Waals surface area contributed by atoms with Gasteiger partial charge < -0.3 is 16.2 Å². The van der Waals surface area contributed by atoms with E-state index in [0.29, 0.717) is 25.8 Å². The van der Waals surface area contributed by atoms with Crippen LogP contribution in [0.3, 0.4) is 0 Å². The van der Waals surface area contributed by atoms with Crippen molar-refractivity contribution in [2.45, 2.75) is 50.6 Å². The summed E-state index contributed by atoms with van der Waals surface area (Å²) >= 11 is 0. The molecule has 4 N–H and O–H groups in total. The molecule has 0 spiro atoms. The van der Waals surface area contributed by atoms with Crippen molar-refractivity contribution in [3.63, 3.8) is 0 Å². The number of rotatable bonds is 7. The predicted octanol–water partition coefficient (Wildman–Crippen LogP) is 0.280. The topological polar surface area (TPSA) is 92.4 Å². The highest BCUT2D eigenvalue weighted by molar-refractivity contribution is 5.81. The average Bonchev–Trinajstić information content (AvgIpc) is 2.63. The molecule has 0 aromatic carbocycles. The van der Waals surface area contributed by atoms with E-state index >= 15 is 0 Å². The zero-order valence-electron chi connectivity index (χ0n) is 9.45. The molecule has 0 heterocycles. The largest absolute Gasteiger partial charge is 0.480 e. The van der Waals surface area contributed by atoms with Gasteiger partial charge in [-0.25, -0.2) is 0 Å². The molecule has 1 rings (SSSR count). The number of aliphatic carboxylic acids is 1. The summed E-state index contributed by atoms with van der Waals surface area (Å²) < 4.78 is 0. The van der Waals surface area contributed by atoms with Gasteiger partial charge in [0.25, 0.3) is 0 Å². The van der Waals surface area contributed by atoms with E-state index in [0.717, 1.165) is 19.3 Å². The molecule has 1 unspecified atom stereocenters. The van der Waals surface area contributed by atoms with Gasteiger partial charge in [0.1, 0.15) is 11.8 Å². The normalized spacial score (nSPS) is 22.3. The molecule has 16 heavy (non-hydrogen) atoms. The fourth-order valence-corrected chi connectivity index (χ4v) is 2.01. The summed E-state index contributed by atoms with van der Waals surface area (Å²) in [6.07, 6.45) is 4.04. The zero-order valence-corrected chi connectivity index (χ0v) is 9.45. The molecule has 0 saturated heterocycles. The molecule has 92 valence electrons. The number of carbonyl (C=O) groups is 2. The number of hydrogen-bond acceptors (Lipinski definition) is 4. The van der Waals surface area contributed by atoms with E-state index in [2.05, 4.69) is 5.32 Å². The van der Waals surface area contributed by atoms with E-state index in [-0.39, 0.29) is 11.8 Å². The van der Waals surface area contributed by atoms with E-state index in [1.54, 1.807) is 0 Å². The predicted molar refractivity (Wildman–Crippen MR) is 60.1 cm³/mol. The number of hydrogen-bond donors (Lipinski definition) is 3. The summed E-state index contributed by atoms with van der Waals surface area (Å²) in [5.41, 5.74) is 5.36. The minimum absolute atomic E-state index is 0.0477. The second-order valence-electron chi connectivity index (χ2n) is 4.32. The molecular formula is C11H20N2O3. The van der Waals surface area contributed by atoms with Crippen LogP contribution < -0.4 is 11.1 Å². The highest BCUT2D eigenvalue weighted by Crippen LogP contribution is 2.16. The molecule has 1 fully saturated rings. The number of unbranched alkanes of at least 4 members (excludes halogenated alkanes) is 1. The lowest BCUT2D eigenvalue weighted by molar-refractivity contribution is -0.140.